The number of unbranched alkanes of at least 4 members (excludes halogenated alkanes) is 2. The third-order valence-corrected chi connectivity index (χ3v) is 3.22. The van der Waals surface area contributed by atoms with E-state index in [1.54, 1.807) is 0 Å². The molecule has 0 aliphatic carbocycles. The molecular weight excluding hydrogens is 246 g/mol. The average molecular weight is 273 g/mol. The van der Waals surface area contributed by atoms with E-state index in [9.17, 15) is 0 Å². The maximum atomic E-state index is 9.16. The number of rotatable bonds is 8. The highest BCUT2D eigenvalue weighted by Gasteiger charge is 2.05. The molecule has 2 heteroatoms. The van der Waals surface area contributed by atoms with Crippen LogP contribution in [0.15, 0.2) is 24.3 Å². The summed E-state index contributed by atoms with van der Waals surface area (Å²) in [6.07, 6.45) is 13.6. The van der Waals surface area contributed by atoms with Crippen molar-refractivity contribution in [2.75, 3.05) is 12.3 Å². The lowest BCUT2D eigenvalue weighted by Crippen LogP contribution is -2.01. The summed E-state index contributed by atoms with van der Waals surface area (Å²) in [5.74, 6) is 0. The summed E-state index contributed by atoms with van der Waals surface area (Å²) in [5, 5.41) is 9.16. The zero-order valence-corrected chi connectivity index (χ0v) is 12.7. The van der Waals surface area contributed by atoms with Gasteiger partial charge in [0.05, 0.1) is 0 Å². The minimum Gasteiger partial charge on any atom is -0.398 e. The molecule has 20 heavy (non-hydrogen) atoms. The number of benzene rings is 1. The van der Waals surface area contributed by atoms with E-state index in [0.29, 0.717) is 6.42 Å². The lowest BCUT2D eigenvalue weighted by molar-refractivity contribution is 0.300. The molecule has 0 radical (unpaired) electrons. The maximum absolute atomic E-state index is 9.16. The number of aliphatic hydroxyl groups excluding tert-OH is 1. The quantitative estimate of drug-likeness (QED) is 0.688. The lowest BCUT2D eigenvalue weighted by Gasteiger charge is -2.10. The molecule has 0 atom stereocenters. The molecule has 0 fully saturated rings. The Hall–Kier alpha value is -1.54. The van der Waals surface area contributed by atoms with Crippen LogP contribution in [0.3, 0.4) is 0 Å². The van der Waals surface area contributed by atoms with Gasteiger partial charge in [-0.15, -0.1) is 0 Å². The van der Waals surface area contributed by atoms with Crippen molar-refractivity contribution >= 4 is 17.8 Å². The Labute approximate surface area is 123 Å². The number of nitrogen functional groups attached to an aromatic ring is 1. The molecule has 0 aromatic heterocycles. The van der Waals surface area contributed by atoms with Crippen molar-refractivity contribution in [2.24, 2.45) is 0 Å². The van der Waals surface area contributed by atoms with Gasteiger partial charge in [0.25, 0.3) is 0 Å². The van der Waals surface area contributed by atoms with Crippen LogP contribution in [-0.4, -0.2) is 11.7 Å². The molecule has 0 heterocycles. The summed E-state index contributed by atoms with van der Waals surface area (Å²) in [6.45, 7) is 4.46. The van der Waals surface area contributed by atoms with E-state index < -0.39 is 0 Å². The first-order valence-electron chi connectivity index (χ1n) is 7.59. The van der Waals surface area contributed by atoms with Gasteiger partial charge in [0, 0.05) is 12.3 Å². The lowest BCUT2D eigenvalue weighted by atomic mass is 9.99. The van der Waals surface area contributed by atoms with E-state index in [1.165, 1.54) is 0 Å². The fourth-order valence-electron chi connectivity index (χ4n) is 2.09. The molecule has 0 aliphatic rings. The van der Waals surface area contributed by atoms with Crippen molar-refractivity contribution in [1.82, 2.24) is 0 Å². The first kappa shape index (κ1) is 16.5. The van der Waals surface area contributed by atoms with Crippen LogP contribution in [0.25, 0.3) is 12.2 Å². The summed E-state index contributed by atoms with van der Waals surface area (Å²) in [7, 11) is 0. The minimum absolute atomic E-state index is 0.129. The van der Waals surface area contributed by atoms with Gasteiger partial charge in [-0.1, -0.05) is 51.0 Å². The van der Waals surface area contributed by atoms with Crippen LogP contribution in [0.1, 0.15) is 56.2 Å². The third kappa shape index (κ3) is 5.22. The molecule has 0 saturated carbocycles. The van der Waals surface area contributed by atoms with E-state index in [4.69, 9.17) is 10.8 Å². The number of nitrogens with two attached hydrogens (primary N) is 1. The summed E-state index contributed by atoms with van der Waals surface area (Å²) in [5.41, 5.74) is 10.2. The Balaban J connectivity index is 3.06. The van der Waals surface area contributed by atoms with Crippen molar-refractivity contribution in [3.63, 3.8) is 0 Å². The number of hydrogen-bond acceptors (Lipinski definition) is 2. The molecule has 0 saturated heterocycles. The van der Waals surface area contributed by atoms with Crippen LogP contribution in [0.5, 0.6) is 0 Å². The van der Waals surface area contributed by atoms with Crippen molar-refractivity contribution in [3.8, 4) is 0 Å². The van der Waals surface area contributed by atoms with Crippen LogP contribution < -0.4 is 5.73 Å². The Bertz CT molecular complexity index is 461. The summed E-state index contributed by atoms with van der Waals surface area (Å²) in [6, 6.07) is 4.20. The molecule has 3 N–H and O–H groups in total. The van der Waals surface area contributed by atoms with Crippen molar-refractivity contribution in [1.29, 1.82) is 0 Å². The number of aliphatic hydroxyl groups is 1. The minimum atomic E-state index is 0.129. The predicted molar refractivity (Wildman–Crippen MR) is 89.5 cm³/mol. The van der Waals surface area contributed by atoms with Crippen molar-refractivity contribution < 1.29 is 5.11 Å². The van der Waals surface area contributed by atoms with Gasteiger partial charge in [-0.3, -0.25) is 0 Å². The smallest absolute Gasteiger partial charge is 0.0472 e. The number of hydrogen-bond donors (Lipinski definition) is 2. The van der Waals surface area contributed by atoms with E-state index in [0.717, 1.165) is 48.1 Å². The Morgan fingerprint density at radius 3 is 2.30 bits per heavy atom. The Morgan fingerprint density at radius 1 is 1.05 bits per heavy atom. The molecule has 0 unspecified atom stereocenters. The van der Waals surface area contributed by atoms with Crippen molar-refractivity contribution in [2.45, 2.75) is 46.0 Å². The first-order chi connectivity index (χ1) is 9.72. The largest absolute Gasteiger partial charge is 0.398 e. The van der Waals surface area contributed by atoms with E-state index >= 15 is 0 Å². The van der Waals surface area contributed by atoms with Gasteiger partial charge in [0.1, 0.15) is 0 Å². The molecule has 0 bridgehead atoms. The van der Waals surface area contributed by atoms with Gasteiger partial charge < -0.3 is 10.8 Å². The van der Waals surface area contributed by atoms with Crippen LogP contribution in [0.4, 0.5) is 5.69 Å². The van der Waals surface area contributed by atoms with Gasteiger partial charge in [-0.2, -0.15) is 0 Å². The van der Waals surface area contributed by atoms with E-state index in [1.807, 2.05) is 0 Å². The molecule has 0 amide bonds. The molecule has 110 valence electrons. The van der Waals surface area contributed by atoms with Gasteiger partial charge in [-0.05, 0) is 48.1 Å². The van der Waals surface area contributed by atoms with Gasteiger partial charge in [0.2, 0.25) is 0 Å². The predicted octanol–water partition coefficient (Wildman–Crippen LogP) is 4.43. The van der Waals surface area contributed by atoms with E-state index in [-0.39, 0.29) is 6.61 Å². The van der Waals surface area contributed by atoms with Crippen LogP contribution in [-0.2, 0) is 6.42 Å². The summed E-state index contributed by atoms with van der Waals surface area (Å²) < 4.78 is 0. The zero-order chi connectivity index (χ0) is 14.8. The first-order valence-corrected chi connectivity index (χ1v) is 7.59. The van der Waals surface area contributed by atoms with Gasteiger partial charge in [-0.25, -0.2) is 0 Å². The SMILES string of the molecule is CCC/C=C/c1cc(/C=C/CCC)c(N)c(CCO)c1. The molecule has 1 aromatic rings. The molecule has 1 rings (SSSR count). The summed E-state index contributed by atoms with van der Waals surface area (Å²) >= 11 is 0. The normalized spacial score (nSPS) is 11.8. The molecule has 0 spiro atoms. The average Bonchev–Trinajstić information content (AvgIpc) is 2.44. The topological polar surface area (TPSA) is 46.2 Å². The second-order valence-electron chi connectivity index (χ2n) is 5.04. The highest BCUT2D eigenvalue weighted by atomic mass is 16.2. The van der Waals surface area contributed by atoms with Crippen LogP contribution in [0, 0.1) is 0 Å². The summed E-state index contributed by atoms with van der Waals surface area (Å²) in [4.78, 5) is 0. The molecular formula is C18H27NO. The fourth-order valence-corrected chi connectivity index (χ4v) is 2.09. The zero-order valence-electron chi connectivity index (χ0n) is 12.7. The van der Waals surface area contributed by atoms with Crippen LogP contribution >= 0.6 is 0 Å². The Kier molecular flexibility index (Phi) is 7.74. The Morgan fingerprint density at radius 2 is 1.70 bits per heavy atom. The third-order valence-electron chi connectivity index (χ3n) is 3.22. The number of allylic oxidation sites excluding steroid dienone is 2. The maximum Gasteiger partial charge on any atom is 0.0472 e. The van der Waals surface area contributed by atoms with Crippen molar-refractivity contribution in [3.05, 3.63) is 41.0 Å². The second-order valence-corrected chi connectivity index (χ2v) is 5.04. The number of anilines is 1. The highest BCUT2D eigenvalue weighted by Crippen LogP contribution is 2.23. The van der Waals surface area contributed by atoms with Gasteiger partial charge >= 0.3 is 0 Å². The molecule has 1 aromatic carbocycles. The highest BCUT2D eigenvalue weighted by molar-refractivity contribution is 5.72. The fraction of sp³-hybridized carbons (Fsp3) is 0.444. The molecule has 0 aliphatic heterocycles. The van der Waals surface area contributed by atoms with Gasteiger partial charge in [0.15, 0.2) is 0 Å². The standard InChI is InChI=1S/C18H27NO/c1-3-5-7-9-15-13-16(10-8-6-4-2)18(19)17(14-15)11-12-20/h7-10,13-14,20H,3-6,11-12,19H2,1-2H3/b9-7+,10-8+. The van der Waals surface area contributed by atoms with Crippen LogP contribution in [0.2, 0.25) is 0 Å². The van der Waals surface area contributed by atoms with E-state index in [2.05, 4.69) is 50.3 Å². The monoisotopic (exact) mass is 273 g/mol. The molecule has 2 nitrogen and oxygen atoms in total. The second kappa shape index (κ2) is 9.38.